The smallest absolute Gasteiger partial charge is 0.198 e. The summed E-state index contributed by atoms with van der Waals surface area (Å²) in [4.78, 5) is 14.5. The van der Waals surface area contributed by atoms with E-state index in [9.17, 15) is 4.79 Å². The monoisotopic (exact) mass is 235 g/mol. The molecule has 0 N–H and O–H groups in total. The molecule has 0 radical (unpaired) electrons. The van der Waals surface area contributed by atoms with E-state index in [1.54, 1.807) is 0 Å². The Morgan fingerprint density at radius 3 is 2.94 bits per heavy atom. The molecular formula is C12H10ClNO2. The zero-order valence-electron chi connectivity index (χ0n) is 8.52. The molecule has 2 rings (SSSR count). The van der Waals surface area contributed by atoms with Crippen molar-refractivity contribution in [2.24, 2.45) is 0 Å². The van der Waals surface area contributed by atoms with Crippen LogP contribution in [0.1, 0.15) is 17.1 Å². The predicted octanol–water partition coefficient (Wildman–Crippen LogP) is 2.66. The van der Waals surface area contributed by atoms with Gasteiger partial charge in [0.25, 0.3) is 0 Å². The number of carbonyl (C=O) groups excluding carboxylic acids is 1. The first-order chi connectivity index (χ1) is 7.79. The fraction of sp³-hybridized carbons (Fsp3) is 0.167. The lowest BCUT2D eigenvalue weighted by molar-refractivity contribution is -0.107. The molecule has 0 aliphatic rings. The van der Waals surface area contributed by atoms with E-state index in [1.807, 2.05) is 24.3 Å². The molecule has 0 saturated heterocycles. The Balaban J connectivity index is 2.14. The first kappa shape index (κ1) is 10.9. The van der Waals surface area contributed by atoms with Crippen LogP contribution < -0.4 is 0 Å². The van der Waals surface area contributed by atoms with Gasteiger partial charge >= 0.3 is 0 Å². The van der Waals surface area contributed by atoms with Crippen LogP contribution in [0.2, 0.25) is 5.02 Å². The lowest BCUT2D eigenvalue weighted by atomic mass is 10.1. The fourth-order valence-corrected chi connectivity index (χ4v) is 1.62. The number of rotatable bonds is 4. The molecule has 1 aromatic carbocycles. The number of oxazole rings is 1. The summed E-state index contributed by atoms with van der Waals surface area (Å²) in [6.45, 7) is 0. The zero-order valence-corrected chi connectivity index (χ0v) is 9.28. The highest BCUT2D eigenvalue weighted by Gasteiger charge is 2.06. The van der Waals surface area contributed by atoms with Crippen LogP contribution in [-0.4, -0.2) is 11.3 Å². The number of carbonyl (C=O) groups is 1. The van der Waals surface area contributed by atoms with Crippen molar-refractivity contribution in [3.05, 3.63) is 52.7 Å². The lowest BCUT2D eigenvalue weighted by Gasteiger charge is -1.99. The largest absolute Gasteiger partial charge is 0.448 e. The summed E-state index contributed by atoms with van der Waals surface area (Å²) in [6.07, 6.45) is 3.13. The molecule has 0 bridgehead atoms. The Hall–Kier alpha value is -1.61. The highest BCUT2D eigenvalue weighted by Crippen LogP contribution is 2.18. The number of hydrogen-bond acceptors (Lipinski definition) is 3. The van der Waals surface area contributed by atoms with E-state index >= 15 is 0 Å². The van der Waals surface area contributed by atoms with Crippen molar-refractivity contribution in [1.29, 1.82) is 0 Å². The second-order valence-electron chi connectivity index (χ2n) is 3.37. The average Bonchev–Trinajstić information content (AvgIpc) is 2.70. The van der Waals surface area contributed by atoms with Gasteiger partial charge in [-0.15, -0.1) is 0 Å². The summed E-state index contributed by atoms with van der Waals surface area (Å²) < 4.78 is 5.25. The maximum absolute atomic E-state index is 10.3. The fourth-order valence-electron chi connectivity index (χ4n) is 1.41. The number of halogens is 1. The van der Waals surface area contributed by atoms with E-state index < -0.39 is 0 Å². The second-order valence-corrected chi connectivity index (χ2v) is 3.78. The first-order valence-corrected chi connectivity index (χ1v) is 5.27. The first-order valence-electron chi connectivity index (χ1n) is 4.90. The molecule has 0 aliphatic heterocycles. The number of aldehydes is 1. The van der Waals surface area contributed by atoms with E-state index in [1.165, 1.54) is 6.26 Å². The molecule has 2 aromatic rings. The van der Waals surface area contributed by atoms with Crippen molar-refractivity contribution in [2.75, 3.05) is 0 Å². The van der Waals surface area contributed by atoms with Gasteiger partial charge in [-0.25, -0.2) is 4.98 Å². The van der Waals surface area contributed by atoms with Gasteiger partial charge in [0.15, 0.2) is 5.89 Å². The Kier molecular flexibility index (Phi) is 3.37. The van der Waals surface area contributed by atoms with Gasteiger partial charge in [0.2, 0.25) is 0 Å². The standard InChI is InChI=1S/C12H10ClNO2/c13-11-4-2-1-3-9(11)7-12-14-10(5-6-15)8-16-12/h1-4,6,8H,5,7H2. The van der Waals surface area contributed by atoms with Crippen LogP contribution in [0.4, 0.5) is 0 Å². The maximum atomic E-state index is 10.3. The van der Waals surface area contributed by atoms with Crippen molar-refractivity contribution in [2.45, 2.75) is 12.8 Å². The van der Waals surface area contributed by atoms with Gasteiger partial charge in [-0.1, -0.05) is 29.8 Å². The van der Waals surface area contributed by atoms with E-state index in [0.29, 0.717) is 23.0 Å². The highest BCUT2D eigenvalue weighted by molar-refractivity contribution is 6.31. The molecule has 82 valence electrons. The minimum atomic E-state index is 0.284. The number of aromatic nitrogens is 1. The zero-order chi connectivity index (χ0) is 11.4. The highest BCUT2D eigenvalue weighted by atomic mass is 35.5. The summed E-state index contributed by atoms with van der Waals surface area (Å²) in [5.74, 6) is 0.574. The van der Waals surface area contributed by atoms with Crippen LogP contribution in [-0.2, 0) is 17.6 Å². The van der Waals surface area contributed by atoms with Gasteiger partial charge in [-0.05, 0) is 11.6 Å². The molecular weight excluding hydrogens is 226 g/mol. The molecule has 0 atom stereocenters. The van der Waals surface area contributed by atoms with Gasteiger partial charge in [-0.3, -0.25) is 0 Å². The third kappa shape index (κ3) is 2.49. The lowest BCUT2D eigenvalue weighted by Crippen LogP contribution is -1.91. The summed E-state index contributed by atoms with van der Waals surface area (Å²) in [5.41, 5.74) is 1.61. The average molecular weight is 236 g/mol. The molecule has 1 aromatic heterocycles. The molecule has 3 nitrogen and oxygen atoms in total. The molecule has 0 amide bonds. The number of nitrogens with zero attached hydrogens (tertiary/aromatic N) is 1. The molecule has 0 saturated carbocycles. The van der Waals surface area contributed by atoms with E-state index in [-0.39, 0.29) is 6.42 Å². The van der Waals surface area contributed by atoms with Crippen LogP contribution in [0.25, 0.3) is 0 Å². The topological polar surface area (TPSA) is 43.1 Å². The predicted molar refractivity (Wildman–Crippen MR) is 60.5 cm³/mol. The van der Waals surface area contributed by atoms with Crippen molar-refractivity contribution >= 4 is 17.9 Å². The van der Waals surface area contributed by atoms with E-state index in [2.05, 4.69) is 4.98 Å². The van der Waals surface area contributed by atoms with Crippen molar-refractivity contribution < 1.29 is 9.21 Å². The molecule has 0 aliphatic carbocycles. The third-order valence-corrected chi connectivity index (χ3v) is 2.56. The Labute approximate surface area is 98.1 Å². The summed E-state index contributed by atoms with van der Waals surface area (Å²) >= 11 is 6.02. The SMILES string of the molecule is O=CCc1coc(Cc2ccccc2Cl)n1. The molecule has 0 spiro atoms. The van der Waals surface area contributed by atoms with Gasteiger partial charge in [0, 0.05) is 11.4 Å². The molecule has 0 fully saturated rings. The van der Waals surface area contributed by atoms with Crippen molar-refractivity contribution in [3.63, 3.8) is 0 Å². The van der Waals surface area contributed by atoms with Gasteiger partial charge < -0.3 is 9.21 Å². The van der Waals surface area contributed by atoms with Crippen LogP contribution in [0, 0.1) is 0 Å². The number of hydrogen-bond donors (Lipinski definition) is 0. The summed E-state index contributed by atoms with van der Waals surface area (Å²) in [6, 6.07) is 7.54. The van der Waals surface area contributed by atoms with Gasteiger partial charge in [0.1, 0.15) is 12.5 Å². The minimum Gasteiger partial charge on any atom is -0.448 e. The normalized spacial score (nSPS) is 10.3. The van der Waals surface area contributed by atoms with Crippen LogP contribution in [0.3, 0.4) is 0 Å². The van der Waals surface area contributed by atoms with Gasteiger partial charge in [0.05, 0.1) is 12.1 Å². The molecule has 0 unspecified atom stereocenters. The second kappa shape index (κ2) is 4.94. The van der Waals surface area contributed by atoms with Gasteiger partial charge in [-0.2, -0.15) is 0 Å². The molecule has 4 heteroatoms. The Bertz CT molecular complexity index is 493. The maximum Gasteiger partial charge on any atom is 0.198 e. The molecule has 16 heavy (non-hydrogen) atoms. The summed E-state index contributed by atoms with van der Waals surface area (Å²) in [5, 5.41) is 0.692. The Morgan fingerprint density at radius 1 is 1.38 bits per heavy atom. The van der Waals surface area contributed by atoms with Crippen LogP contribution in [0.5, 0.6) is 0 Å². The van der Waals surface area contributed by atoms with Crippen molar-refractivity contribution in [1.82, 2.24) is 4.98 Å². The van der Waals surface area contributed by atoms with Crippen LogP contribution in [0.15, 0.2) is 34.9 Å². The van der Waals surface area contributed by atoms with E-state index in [4.69, 9.17) is 16.0 Å². The quantitative estimate of drug-likeness (QED) is 0.766. The Morgan fingerprint density at radius 2 is 2.19 bits per heavy atom. The van der Waals surface area contributed by atoms with Crippen molar-refractivity contribution in [3.8, 4) is 0 Å². The van der Waals surface area contributed by atoms with E-state index in [0.717, 1.165) is 11.8 Å². The summed E-state index contributed by atoms with van der Waals surface area (Å²) in [7, 11) is 0. The molecule has 1 heterocycles. The third-order valence-electron chi connectivity index (χ3n) is 2.19. The van der Waals surface area contributed by atoms with Crippen LogP contribution >= 0.6 is 11.6 Å². The minimum absolute atomic E-state index is 0.284. The number of benzene rings is 1.